The number of nitrogens with zero attached hydrogens (tertiary/aromatic N) is 2. The van der Waals surface area contributed by atoms with Gasteiger partial charge in [-0.25, -0.2) is 4.39 Å². The molecule has 6 nitrogen and oxygen atoms in total. The van der Waals surface area contributed by atoms with E-state index < -0.39 is 40.2 Å². The molecule has 0 bridgehead atoms. The van der Waals surface area contributed by atoms with Gasteiger partial charge < -0.3 is 14.4 Å². The monoisotopic (exact) mass is 534 g/mol. The van der Waals surface area contributed by atoms with Gasteiger partial charge in [0.05, 0.1) is 17.0 Å². The molecular weight excluding hydrogens is 512 g/mol. The fraction of sp³-hybridized carbons (Fsp3) is 0.269. The zero-order valence-corrected chi connectivity index (χ0v) is 20.1. The van der Waals surface area contributed by atoms with Gasteiger partial charge >= 0.3 is 6.36 Å². The van der Waals surface area contributed by atoms with E-state index in [9.17, 15) is 31.1 Å². The molecule has 1 N–H and O–H groups in total. The summed E-state index contributed by atoms with van der Waals surface area (Å²) in [4.78, 5) is -0.301. The second-order valence-electron chi connectivity index (χ2n) is 8.95. The van der Waals surface area contributed by atoms with E-state index in [-0.39, 0.29) is 10.7 Å². The lowest BCUT2D eigenvalue weighted by Gasteiger charge is -2.34. The van der Waals surface area contributed by atoms with Gasteiger partial charge in [-0.3, -0.25) is 0 Å². The van der Waals surface area contributed by atoms with Crippen LogP contribution < -0.4 is 4.74 Å². The van der Waals surface area contributed by atoms with Crippen LogP contribution in [0.25, 0.3) is 21.8 Å². The number of halogens is 4. The molecule has 1 heterocycles. The van der Waals surface area contributed by atoms with Crippen molar-refractivity contribution in [1.82, 2.24) is 4.57 Å². The second kappa shape index (κ2) is 9.46. The molecule has 0 spiro atoms. The third-order valence-electron chi connectivity index (χ3n) is 6.62. The molecule has 0 amide bonds. The Bertz CT molecular complexity index is 1580. The Morgan fingerprint density at radius 3 is 2.41 bits per heavy atom. The molecule has 4 aromatic rings. The zero-order valence-electron chi connectivity index (χ0n) is 19.3. The zero-order chi connectivity index (χ0) is 26.4. The van der Waals surface area contributed by atoms with Crippen LogP contribution in [0.15, 0.2) is 76.0 Å². The Balaban J connectivity index is 1.42. The van der Waals surface area contributed by atoms with Gasteiger partial charge in [-0.05, 0) is 61.4 Å². The molecule has 1 fully saturated rings. The summed E-state index contributed by atoms with van der Waals surface area (Å²) in [6.07, 6.45) is -2.85. The number of sulfonamides is 1. The minimum absolute atomic E-state index is 0.301. The third-order valence-corrected chi connectivity index (χ3v) is 7.89. The topological polar surface area (TPSA) is 80.9 Å². The lowest BCUT2D eigenvalue weighted by atomic mass is 9.83. The number of alkyl halides is 3. The van der Waals surface area contributed by atoms with Gasteiger partial charge in [0.1, 0.15) is 11.6 Å². The van der Waals surface area contributed by atoms with E-state index in [0.29, 0.717) is 19.3 Å². The summed E-state index contributed by atoms with van der Waals surface area (Å²) in [5.41, 5.74) is 1.59. The average molecular weight is 535 g/mol. The van der Waals surface area contributed by atoms with E-state index in [1.165, 1.54) is 18.3 Å². The fourth-order valence-electron chi connectivity index (χ4n) is 5.00. The first kappa shape index (κ1) is 25.2. The molecule has 37 heavy (non-hydrogen) atoms. The first-order valence-electron chi connectivity index (χ1n) is 11.6. The first-order chi connectivity index (χ1) is 17.5. The molecule has 0 aliphatic heterocycles. The highest BCUT2D eigenvalue weighted by molar-refractivity contribution is 7.90. The number of benzene rings is 3. The van der Waals surface area contributed by atoms with Gasteiger partial charge in [0.2, 0.25) is 0 Å². The van der Waals surface area contributed by atoms with Crippen LogP contribution in [0.3, 0.4) is 0 Å². The van der Waals surface area contributed by atoms with Crippen LogP contribution in [0, 0.1) is 11.7 Å². The largest absolute Gasteiger partial charge is 0.573 e. The van der Waals surface area contributed by atoms with Gasteiger partial charge in [-0.2, -0.15) is 12.8 Å². The highest BCUT2D eigenvalue weighted by Crippen LogP contribution is 2.39. The van der Waals surface area contributed by atoms with E-state index >= 15 is 0 Å². The maximum absolute atomic E-state index is 14.0. The molecule has 1 saturated carbocycles. The quantitative estimate of drug-likeness (QED) is 0.252. The Hall–Kier alpha value is -3.44. The van der Waals surface area contributed by atoms with Crippen LogP contribution in [0.2, 0.25) is 0 Å². The number of ether oxygens (including phenoxy) is 1. The highest BCUT2D eigenvalue weighted by Gasteiger charge is 2.34. The molecule has 0 radical (unpaired) electrons. The van der Waals surface area contributed by atoms with E-state index in [2.05, 4.69) is 9.13 Å². The summed E-state index contributed by atoms with van der Waals surface area (Å²) in [7, 11) is -4.22. The van der Waals surface area contributed by atoms with Crippen molar-refractivity contribution in [3.05, 3.63) is 72.5 Å². The van der Waals surface area contributed by atoms with E-state index in [0.717, 1.165) is 46.1 Å². The normalized spacial score (nSPS) is 21.2. The summed E-state index contributed by atoms with van der Waals surface area (Å²) in [6, 6.07) is 15.3. The van der Waals surface area contributed by atoms with Crippen LogP contribution in [0.5, 0.6) is 5.75 Å². The van der Waals surface area contributed by atoms with Crippen LogP contribution >= 0.6 is 0 Å². The Kier molecular flexibility index (Phi) is 6.45. The Morgan fingerprint density at radius 2 is 1.68 bits per heavy atom. The number of aliphatic hydroxyl groups is 1. The molecule has 5 rings (SSSR count). The summed E-state index contributed by atoms with van der Waals surface area (Å²) in [5.74, 6) is -1.50. The molecular formula is C26H22F4N2O4S. The molecule has 11 heteroatoms. The van der Waals surface area contributed by atoms with Crippen molar-refractivity contribution in [2.45, 2.75) is 42.7 Å². The van der Waals surface area contributed by atoms with Crippen molar-refractivity contribution in [3.63, 3.8) is 0 Å². The number of hydrogen-bond donors (Lipinski definition) is 1. The number of hydrogen-bond acceptors (Lipinski definition) is 4. The van der Waals surface area contributed by atoms with Gasteiger partial charge in [0, 0.05) is 33.9 Å². The van der Waals surface area contributed by atoms with E-state index in [1.807, 2.05) is 28.8 Å². The van der Waals surface area contributed by atoms with Crippen LogP contribution in [0.4, 0.5) is 17.6 Å². The Morgan fingerprint density at radius 1 is 0.973 bits per heavy atom. The van der Waals surface area contributed by atoms with Crippen LogP contribution in [0.1, 0.15) is 25.3 Å². The van der Waals surface area contributed by atoms with Crippen LogP contribution in [-0.4, -0.2) is 36.8 Å². The standard InChI is InChI=1S/C26H22F4N2O4S/c27-17-8-13-23-21(14-17)20-5-1-2-6-22(20)32(23)24-7-3-4-16(25(24)33)15-31-37(34,35)19-11-9-18(10-12-19)36-26(28,29)30/h1-2,5-6,8-16,24-25,33H,3-4,7H2/b31-15+/t16?,24-,25-/m0/s1. The second-order valence-corrected chi connectivity index (χ2v) is 10.6. The molecule has 3 aromatic carbocycles. The first-order valence-corrected chi connectivity index (χ1v) is 13.0. The van der Waals surface area contributed by atoms with Crippen molar-refractivity contribution >= 4 is 38.0 Å². The molecule has 0 saturated heterocycles. The Labute approximate surface area is 209 Å². The van der Waals surface area contributed by atoms with Crippen LogP contribution in [-0.2, 0) is 10.0 Å². The minimum Gasteiger partial charge on any atom is -0.406 e. The SMILES string of the molecule is O=S(=O)(/N=C/C1CCC[C@H](n2c3ccccc3c3cc(F)ccc32)[C@H]1O)c1ccc(OC(F)(F)F)cc1. The summed E-state index contributed by atoms with van der Waals surface area (Å²) < 4.78 is 85.9. The lowest BCUT2D eigenvalue weighted by molar-refractivity contribution is -0.274. The van der Waals surface area contributed by atoms with Gasteiger partial charge in [-0.1, -0.05) is 24.6 Å². The number of aromatic nitrogens is 1. The van der Waals surface area contributed by atoms with Crippen molar-refractivity contribution in [3.8, 4) is 5.75 Å². The van der Waals surface area contributed by atoms with Crippen molar-refractivity contribution in [1.29, 1.82) is 0 Å². The van der Waals surface area contributed by atoms with Crippen molar-refractivity contribution < 1.29 is 35.8 Å². The lowest BCUT2D eigenvalue weighted by Crippen LogP contribution is -2.36. The smallest absolute Gasteiger partial charge is 0.406 e. The van der Waals surface area contributed by atoms with Crippen molar-refractivity contribution in [2.75, 3.05) is 0 Å². The molecule has 1 unspecified atom stereocenters. The molecule has 1 aliphatic carbocycles. The number of aliphatic hydroxyl groups excluding tert-OH is 1. The maximum atomic E-state index is 14.0. The molecule has 3 atom stereocenters. The van der Waals surface area contributed by atoms with Gasteiger partial charge in [0.15, 0.2) is 0 Å². The summed E-state index contributed by atoms with van der Waals surface area (Å²) >= 11 is 0. The number of rotatable bonds is 5. The molecule has 1 aromatic heterocycles. The predicted octanol–water partition coefficient (Wildman–Crippen LogP) is 5.99. The fourth-order valence-corrected chi connectivity index (χ4v) is 5.92. The highest BCUT2D eigenvalue weighted by atomic mass is 32.2. The number of fused-ring (bicyclic) bond motifs is 3. The predicted molar refractivity (Wildman–Crippen MR) is 131 cm³/mol. The number of para-hydroxylation sites is 1. The minimum atomic E-state index is -4.89. The van der Waals surface area contributed by atoms with Crippen molar-refractivity contribution in [2.24, 2.45) is 10.3 Å². The van der Waals surface area contributed by atoms with E-state index in [1.54, 1.807) is 6.07 Å². The molecule has 194 valence electrons. The van der Waals surface area contributed by atoms with Gasteiger partial charge in [0.25, 0.3) is 10.0 Å². The summed E-state index contributed by atoms with van der Waals surface area (Å²) in [5, 5.41) is 12.9. The third kappa shape index (κ3) is 5.05. The van der Waals surface area contributed by atoms with E-state index in [4.69, 9.17) is 0 Å². The molecule has 1 aliphatic rings. The summed E-state index contributed by atoms with van der Waals surface area (Å²) in [6.45, 7) is 0. The van der Waals surface area contributed by atoms with Gasteiger partial charge in [-0.15, -0.1) is 13.2 Å². The maximum Gasteiger partial charge on any atom is 0.573 e. The average Bonchev–Trinajstić information content (AvgIpc) is 3.16.